The minimum Gasteiger partial charge on any atom is -0.328 e. The van der Waals surface area contributed by atoms with Gasteiger partial charge in [0, 0.05) is 23.3 Å². The zero-order chi connectivity index (χ0) is 16.0. The molecule has 0 saturated carbocycles. The molecule has 4 rings (SSSR count). The summed E-state index contributed by atoms with van der Waals surface area (Å²) in [7, 11) is 0. The zero-order valence-electron chi connectivity index (χ0n) is 12.5. The van der Waals surface area contributed by atoms with Crippen LogP contribution in [0.5, 0.6) is 0 Å². The number of carbonyl (C=O) groups is 1. The number of allylic oxidation sites excluding steroid dienone is 2. The van der Waals surface area contributed by atoms with Crippen molar-refractivity contribution in [2.75, 3.05) is 11.6 Å². The van der Waals surface area contributed by atoms with Crippen molar-refractivity contribution >= 4 is 23.5 Å². The van der Waals surface area contributed by atoms with Gasteiger partial charge in [-0.25, -0.2) is 9.07 Å². The minimum absolute atomic E-state index is 0.0545. The maximum Gasteiger partial charge on any atom is 0.227 e. The van der Waals surface area contributed by atoms with Crippen molar-refractivity contribution in [1.29, 1.82) is 0 Å². The first-order valence-corrected chi connectivity index (χ1v) is 8.69. The molecule has 2 heterocycles. The van der Waals surface area contributed by atoms with Crippen LogP contribution in [-0.2, 0) is 4.79 Å². The molecular weight excluding hydrogens is 315 g/mol. The van der Waals surface area contributed by atoms with Gasteiger partial charge in [0.05, 0.1) is 0 Å². The minimum atomic E-state index is -0.552. The quantitative estimate of drug-likeness (QED) is 0.857. The second kappa shape index (κ2) is 5.49. The Morgan fingerprint density at radius 3 is 2.96 bits per heavy atom. The Balaban J connectivity index is 1.95. The number of rotatable bonds is 2. The molecule has 2 aliphatic rings. The Bertz CT molecular complexity index is 829. The van der Waals surface area contributed by atoms with Crippen LogP contribution in [-0.4, -0.2) is 26.8 Å². The second-order valence-electron chi connectivity index (χ2n) is 5.58. The number of hydrogen-bond acceptors (Lipinski definition) is 5. The first-order chi connectivity index (χ1) is 11.2. The first-order valence-electron chi connectivity index (χ1n) is 7.47. The van der Waals surface area contributed by atoms with Gasteiger partial charge >= 0.3 is 0 Å². The van der Waals surface area contributed by atoms with Gasteiger partial charge in [0.2, 0.25) is 11.1 Å². The van der Waals surface area contributed by atoms with Gasteiger partial charge in [0.15, 0.2) is 5.78 Å². The van der Waals surface area contributed by atoms with Crippen LogP contribution in [0.2, 0.25) is 0 Å². The molecule has 5 nitrogen and oxygen atoms in total. The smallest absolute Gasteiger partial charge is 0.227 e. The summed E-state index contributed by atoms with van der Waals surface area (Å²) >= 11 is 1.42. The predicted octanol–water partition coefficient (Wildman–Crippen LogP) is 3.16. The van der Waals surface area contributed by atoms with Gasteiger partial charge < -0.3 is 5.32 Å². The van der Waals surface area contributed by atoms with Crippen LogP contribution in [0.25, 0.3) is 0 Å². The van der Waals surface area contributed by atoms with Gasteiger partial charge in [0.25, 0.3) is 0 Å². The van der Waals surface area contributed by atoms with Crippen molar-refractivity contribution in [3.05, 3.63) is 46.9 Å². The van der Waals surface area contributed by atoms with Crippen LogP contribution in [0.3, 0.4) is 0 Å². The standard InChI is InChI=1S/C16H15FN4OS/c1-23-16-19-15-18-11-7-4-8-12(22)13(11)14(21(15)20-16)9-5-2-3-6-10(9)17/h2-3,5-6,14H,4,7-8H2,1H3,(H,18,19,20)/t14-/m1/s1. The van der Waals surface area contributed by atoms with Gasteiger partial charge in [-0.15, -0.1) is 5.10 Å². The van der Waals surface area contributed by atoms with E-state index in [4.69, 9.17) is 0 Å². The van der Waals surface area contributed by atoms with Crippen LogP contribution in [0.1, 0.15) is 30.9 Å². The molecule has 0 bridgehead atoms. The molecule has 7 heteroatoms. The normalized spacial score (nSPS) is 20.1. The van der Waals surface area contributed by atoms with Crippen molar-refractivity contribution in [3.8, 4) is 0 Å². The summed E-state index contributed by atoms with van der Waals surface area (Å²) in [5.74, 6) is 0.284. The summed E-state index contributed by atoms with van der Waals surface area (Å²) in [5, 5.41) is 8.26. The van der Waals surface area contributed by atoms with Crippen molar-refractivity contribution < 1.29 is 9.18 Å². The molecule has 2 aromatic rings. The Morgan fingerprint density at radius 2 is 2.17 bits per heavy atom. The van der Waals surface area contributed by atoms with E-state index in [2.05, 4.69) is 15.4 Å². The Hall–Kier alpha value is -2.15. The molecule has 0 fully saturated rings. The highest BCUT2D eigenvalue weighted by molar-refractivity contribution is 7.98. The number of anilines is 1. The summed E-state index contributed by atoms with van der Waals surface area (Å²) in [6, 6.07) is 6.00. The molecule has 0 amide bonds. The average Bonchev–Trinajstić information content (AvgIpc) is 2.97. The van der Waals surface area contributed by atoms with E-state index >= 15 is 0 Å². The van der Waals surface area contributed by atoms with Crippen molar-refractivity contribution in [3.63, 3.8) is 0 Å². The van der Waals surface area contributed by atoms with Crippen LogP contribution in [0, 0.1) is 5.82 Å². The highest BCUT2D eigenvalue weighted by Crippen LogP contribution is 2.40. The van der Waals surface area contributed by atoms with E-state index < -0.39 is 6.04 Å². The Labute approximate surface area is 137 Å². The molecule has 1 aromatic carbocycles. The van der Waals surface area contributed by atoms with E-state index in [-0.39, 0.29) is 11.6 Å². The highest BCUT2D eigenvalue weighted by atomic mass is 32.2. The monoisotopic (exact) mass is 330 g/mol. The van der Waals surface area contributed by atoms with Crippen molar-refractivity contribution in [2.45, 2.75) is 30.5 Å². The van der Waals surface area contributed by atoms with E-state index in [1.54, 1.807) is 22.9 Å². The van der Waals surface area contributed by atoms with E-state index in [0.29, 0.717) is 28.7 Å². The number of hydrogen-bond donors (Lipinski definition) is 1. The summed E-state index contributed by atoms with van der Waals surface area (Å²) in [5.41, 5.74) is 1.92. The van der Waals surface area contributed by atoms with Gasteiger partial charge in [0.1, 0.15) is 11.9 Å². The first kappa shape index (κ1) is 14.4. The zero-order valence-corrected chi connectivity index (χ0v) is 13.4. The van der Waals surface area contributed by atoms with Crippen molar-refractivity contribution in [1.82, 2.24) is 14.8 Å². The van der Waals surface area contributed by atoms with Crippen LogP contribution in [0.4, 0.5) is 10.3 Å². The molecule has 1 aromatic heterocycles. The van der Waals surface area contributed by atoms with E-state index in [9.17, 15) is 9.18 Å². The van der Waals surface area contributed by atoms with E-state index in [1.807, 2.05) is 6.26 Å². The molecule has 1 aliphatic carbocycles. The number of thioether (sulfide) groups is 1. The third-order valence-corrected chi connectivity index (χ3v) is 4.77. The number of benzene rings is 1. The molecule has 0 saturated heterocycles. The molecular formula is C16H15FN4OS. The lowest BCUT2D eigenvalue weighted by molar-refractivity contribution is -0.116. The fourth-order valence-electron chi connectivity index (χ4n) is 3.21. The largest absolute Gasteiger partial charge is 0.328 e. The number of ketones is 1. The molecule has 0 radical (unpaired) electrons. The van der Waals surface area contributed by atoms with Crippen molar-refractivity contribution in [2.24, 2.45) is 0 Å². The number of carbonyl (C=O) groups excluding carboxylic acids is 1. The number of Topliss-reactive ketones (excluding diaryl/α,β-unsaturated/α-hetero) is 1. The number of fused-ring (bicyclic) bond motifs is 1. The molecule has 1 aliphatic heterocycles. The van der Waals surface area contributed by atoms with Gasteiger partial charge in [-0.1, -0.05) is 30.0 Å². The summed E-state index contributed by atoms with van der Waals surface area (Å²) in [6.45, 7) is 0. The second-order valence-corrected chi connectivity index (χ2v) is 6.36. The number of nitrogens with one attached hydrogen (secondary N) is 1. The fraction of sp³-hybridized carbons (Fsp3) is 0.312. The lowest BCUT2D eigenvalue weighted by atomic mass is 9.85. The Kier molecular flexibility index (Phi) is 3.45. The summed E-state index contributed by atoms with van der Waals surface area (Å²) in [4.78, 5) is 16.9. The molecule has 23 heavy (non-hydrogen) atoms. The molecule has 0 spiro atoms. The van der Waals surface area contributed by atoms with Gasteiger partial charge in [-0.2, -0.15) is 4.98 Å². The van der Waals surface area contributed by atoms with Crippen LogP contribution < -0.4 is 5.32 Å². The highest BCUT2D eigenvalue weighted by Gasteiger charge is 2.37. The predicted molar refractivity (Wildman–Crippen MR) is 85.8 cm³/mol. The lowest BCUT2D eigenvalue weighted by Gasteiger charge is -2.32. The SMILES string of the molecule is CSc1nc2n(n1)[C@H](c1ccccc1F)C1=C(CCCC1=O)N2. The molecule has 0 unspecified atom stereocenters. The maximum atomic E-state index is 14.4. The third kappa shape index (κ3) is 2.26. The lowest BCUT2D eigenvalue weighted by Crippen LogP contribution is -2.32. The molecule has 118 valence electrons. The number of aromatic nitrogens is 3. The molecule has 1 atom stereocenters. The number of nitrogens with zero attached hydrogens (tertiary/aromatic N) is 3. The maximum absolute atomic E-state index is 14.4. The molecule has 1 N–H and O–H groups in total. The van der Waals surface area contributed by atoms with Gasteiger partial charge in [-0.05, 0) is 25.2 Å². The number of halogens is 1. The van der Waals surface area contributed by atoms with E-state index in [1.165, 1.54) is 17.8 Å². The van der Waals surface area contributed by atoms with Gasteiger partial charge in [-0.3, -0.25) is 4.79 Å². The third-order valence-electron chi connectivity index (χ3n) is 4.23. The van der Waals surface area contributed by atoms with Crippen LogP contribution in [0.15, 0.2) is 40.7 Å². The Morgan fingerprint density at radius 1 is 1.35 bits per heavy atom. The topological polar surface area (TPSA) is 59.8 Å². The summed E-state index contributed by atoms with van der Waals surface area (Å²) < 4.78 is 16.1. The van der Waals surface area contributed by atoms with E-state index in [0.717, 1.165) is 18.5 Å². The average molecular weight is 330 g/mol. The fourth-order valence-corrected chi connectivity index (χ4v) is 3.55. The summed E-state index contributed by atoms with van der Waals surface area (Å²) in [6.07, 6.45) is 3.95. The van der Waals surface area contributed by atoms with Crippen LogP contribution >= 0.6 is 11.8 Å².